The Bertz CT molecular complexity index is 3300. The Balaban J connectivity index is 1.78. The van der Waals surface area contributed by atoms with Crippen molar-refractivity contribution >= 4 is 43.7 Å². The van der Waals surface area contributed by atoms with Crippen molar-refractivity contribution in [3.8, 4) is 43.1 Å². The molecule has 0 nitrogen and oxygen atoms in total. The van der Waals surface area contributed by atoms with Crippen molar-refractivity contribution < 1.29 is 31.5 Å². The first kappa shape index (κ1) is 9.19. The summed E-state index contributed by atoms with van der Waals surface area (Å²) in [6.07, 6.45) is 0. The topological polar surface area (TPSA) is 0 Å². The van der Waals surface area contributed by atoms with Gasteiger partial charge in [-0.1, -0.05) is 145 Å². The van der Waals surface area contributed by atoms with Crippen LogP contribution in [0.5, 0.6) is 0 Å². The van der Waals surface area contributed by atoms with Crippen LogP contribution in [-0.4, -0.2) is 0 Å². The SMILES string of the molecule is [2H]c1cc([2H])c(-c2c(-c3c([2H])c([2H])c([2H])c([2H])c3[2H])sc(-c3c([2H])c([2H])c4c([2H])c([2H])c5c([2H])c([2H])c([2H])c6c([2H])c([2H])c3c4c56)c2-c2c([2H])c([2H])c([2H])c([2H])c2[2H])c([2H])c1[2H]. The Kier molecular flexibility index (Phi) is 2.11. The first-order valence-electron chi connectivity index (χ1n) is 23.0. The molecule has 0 radical (unpaired) electrons. The molecule has 0 fully saturated rings. The van der Waals surface area contributed by atoms with E-state index in [-0.39, 0.29) is 21.5 Å². The molecule has 1 aromatic heterocycles. The van der Waals surface area contributed by atoms with E-state index < -0.39 is 193 Å². The lowest BCUT2D eigenvalue weighted by Gasteiger charge is -2.15. The third kappa shape index (κ3) is 3.51. The summed E-state index contributed by atoms with van der Waals surface area (Å²) in [6.45, 7) is 0. The fourth-order valence-corrected chi connectivity index (χ4v) is 5.92. The van der Waals surface area contributed by atoms with Gasteiger partial charge >= 0.3 is 0 Å². The van der Waals surface area contributed by atoms with Crippen molar-refractivity contribution in [2.45, 2.75) is 0 Å². The number of rotatable bonds is 4. The quantitative estimate of drug-likeness (QED) is 0.197. The molecule has 0 saturated heterocycles. The van der Waals surface area contributed by atoms with Crippen molar-refractivity contribution in [3.63, 3.8) is 0 Å². The molecule has 0 bridgehead atoms. The van der Waals surface area contributed by atoms with E-state index in [1.165, 1.54) is 0 Å². The van der Waals surface area contributed by atoms with E-state index in [1.54, 1.807) is 0 Å². The molecule has 0 aliphatic rings. The van der Waals surface area contributed by atoms with Crippen LogP contribution < -0.4 is 0 Å². The van der Waals surface area contributed by atoms with Crippen LogP contribution in [0.2, 0.25) is 0 Å². The second-order valence-electron chi connectivity index (χ2n) is 8.32. The summed E-state index contributed by atoms with van der Waals surface area (Å²) in [4.78, 5) is -0.830. The molecule has 1 heteroatoms. The maximum absolute atomic E-state index is 9.55. The van der Waals surface area contributed by atoms with Crippen LogP contribution >= 0.6 is 11.3 Å². The van der Waals surface area contributed by atoms with Gasteiger partial charge < -0.3 is 0 Å². The second kappa shape index (κ2) is 8.94. The molecule has 0 amide bonds. The van der Waals surface area contributed by atoms with Crippen LogP contribution in [0.15, 0.2) is 145 Å². The van der Waals surface area contributed by atoms with E-state index in [1.807, 2.05) is 0 Å². The molecule has 0 atom stereocenters. The highest BCUT2D eigenvalue weighted by molar-refractivity contribution is 7.20. The molecule has 1 heterocycles. The minimum atomic E-state index is -0.902. The smallest absolute Gasteiger partial charge is 0.0630 e. The van der Waals surface area contributed by atoms with Crippen LogP contribution in [0.4, 0.5) is 0 Å². The Morgan fingerprint density at radius 3 is 1.72 bits per heavy atom. The average molecular weight is 536 g/mol. The highest BCUT2D eigenvalue weighted by Crippen LogP contribution is 2.53. The van der Waals surface area contributed by atoms with E-state index in [2.05, 4.69) is 0 Å². The fraction of sp³-hybridized carbons (Fsp3) is 0. The highest BCUT2D eigenvalue weighted by atomic mass is 32.1. The molecule has 0 saturated carbocycles. The van der Waals surface area contributed by atoms with Gasteiger partial charge in [0, 0.05) is 26.4 Å². The molecular formula is C38H24S. The lowest BCUT2D eigenvalue weighted by atomic mass is 9.88. The van der Waals surface area contributed by atoms with Gasteiger partial charge in [-0.05, 0) is 49.0 Å². The molecule has 0 aliphatic heterocycles. The number of hydrogen-bond donors (Lipinski definition) is 0. The Morgan fingerprint density at radius 2 is 0.974 bits per heavy atom. The second-order valence-corrected chi connectivity index (χ2v) is 9.34. The van der Waals surface area contributed by atoms with Gasteiger partial charge in [0.05, 0.1) is 31.5 Å². The molecule has 182 valence electrons. The largest absolute Gasteiger partial charge is 0.134 e. The minimum absolute atomic E-state index is 0.239. The summed E-state index contributed by atoms with van der Waals surface area (Å²) < 4.78 is 204. The van der Waals surface area contributed by atoms with Crippen LogP contribution in [0.25, 0.3) is 75.5 Å². The van der Waals surface area contributed by atoms with E-state index in [0.29, 0.717) is 11.3 Å². The normalized spacial score (nSPS) is 19.8. The maximum atomic E-state index is 9.55. The van der Waals surface area contributed by atoms with Gasteiger partial charge in [0.15, 0.2) is 0 Å². The molecule has 8 rings (SSSR count). The number of hydrogen-bond acceptors (Lipinski definition) is 1. The fourth-order valence-electron chi connectivity index (χ4n) is 4.65. The Hall–Kier alpha value is -4.72. The van der Waals surface area contributed by atoms with E-state index in [0.717, 1.165) is 6.07 Å². The predicted molar refractivity (Wildman–Crippen MR) is 170 cm³/mol. The first-order chi connectivity index (χ1) is 28.9. The lowest BCUT2D eigenvalue weighted by Crippen LogP contribution is -1.88. The predicted octanol–water partition coefficient (Wildman–Crippen LogP) is 11.3. The van der Waals surface area contributed by atoms with E-state index in [9.17, 15) is 4.11 Å². The molecule has 7 aromatic carbocycles. The average Bonchev–Trinajstić information content (AvgIpc) is 3.58. The molecule has 39 heavy (non-hydrogen) atoms. The van der Waals surface area contributed by atoms with E-state index >= 15 is 0 Å². The summed E-state index contributed by atoms with van der Waals surface area (Å²) >= 11 is 0.464. The van der Waals surface area contributed by atoms with Gasteiger partial charge in [0.2, 0.25) is 0 Å². The van der Waals surface area contributed by atoms with Gasteiger partial charge in [0.25, 0.3) is 0 Å². The summed E-state index contributed by atoms with van der Waals surface area (Å²) in [5.41, 5.74) is -3.39. The molecular weight excluding hydrogens is 488 g/mol. The maximum Gasteiger partial charge on any atom is 0.0630 e. The third-order valence-electron chi connectivity index (χ3n) is 6.22. The Labute approximate surface area is 264 Å². The van der Waals surface area contributed by atoms with E-state index in [4.69, 9.17) is 27.4 Å². The van der Waals surface area contributed by atoms with Gasteiger partial charge in [-0.2, -0.15) is 0 Å². The molecule has 0 unspecified atom stereocenters. The summed E-state index contributed by atoms with van der Waals surface area (Å²) in [6, 6.07) is -17.2. The van der Waals surface area contributed by atoms with Gasteiger partial charge in [-0.3, -0.25) is 0 Å². The monoisotopic (exact) mass is 535 g/mol. The lowest BCUT2D eigenvalue weighted by molar-refractivity contribution is 1.62. The van der Waals surface area contributed by atoms with Crippen molar-refractivity contribution in [2.24, 2.45) is 0 Å². The summed E-state index contributed by atoms with van der Waals surface area (Å²) in [7, 11) is 0. The molecule has 0 aliphatic carbocycles. The van der Waals surface area contributed by atoms with Crippen LogP contribution in [0, 0.1) is 0 Å². The molecule has 8 aromatic rings. The Morgan fingerprint density at radius 1 is 0.410 bits per heavy atom. The molecule has 0 N–H and O–H groups in total. The zero-order chi connectivity index (χ0) is 45.8. The minimum Gasteiger partial charge on any atom is -0.134 e. The zero-order valence-electron chi connectivity index (χ0n) is 42.5. The van der Waals surface area contributed by atoms with Crippen molar-refractivity contribution in [1.29, 1.82) is 0 Å². The summed E-state index contributed by atoms with van der Waals surface area (Å²) in [5, 5.41) is -2.11. The van der Waals surface area contributed by atoms with Crippen LogP contribution in [-0.2, 0) is 0 Å². The van der Waals surface area contributed by atoms with Crippen molar-refractivity contribution in [3.05, 3.63) is 145 Å². The summed E-state index contributed by atoms with van der Waals surface area (Å²) in [5.74, 6) is 0. The van der Waals surface area contributed by atoms with Crippen LogP contribution in [0.3, 0.4) is 0 Å². The van der Waals surface area contributed by atoms with Crippen molar-refractivity contribution in [1.82, 2.24) is 0 Å². The van der Waals surface area contributed by atoms with Gasteiger partial charge in [0.1, 0.15) is 0 Å². The van der Waals surface area contributed by atoms with Gasteiger partial charge in [-0.25, -0.2) is 0 Å². The number of thiophene rings is 1. The van der Waals surface area contributed by atoms with Crippen LogP contribution in [0.1, 0.15) is 31.5 Å². The first-order valence-corrected chi connectivity index (χ1v) is 12.3. The molecule has 0 spiro atoms. The highest BCUT2D eigenvalue weighted by Gasteiger charge is 2.24. The standard InChI is InChI=1S/C38H24S/c1-4-11-25(12-5-1)35-36(26-13-6-2-7-14-26)38(39-37(35)30-15-8-3-9-16-30)32-24-22-29-20-19-27-17-10-18-28-21-23-31(32)34(29)33(27)28/h1-24H/i1D,2D,3D,4D,6D,7D,8D,9D,10D,11D,12D,13D,14D,15D,16D,17D,18D,19D,20D,21D,22D,23D,24D. The third-order valence-corrected chi connectivity index (χ3v) is 7.45. The zero-order valence-corrected chi connectivity index (χ0v) is 20.3. The van der Waals surface area contributed by atoms with Crippen molar-refractivity contribution in [2.75, 3.05) is 0 Å². The number of benzene rings is 7. The van der Waals surface area contributed by atoms with Gasteiger partial charge in [-0.15, -0.1) is 11.3 Å².